The molecule has 1 aliphatic heterocycles. The number of aliphatic carboxylic acids is 1. The van der Waals surface area contributed by atoms with Crippen LogP contribution < -0.4 is 10.2 Å². The van der Waals surface area contributed by atoms with Gasteiger partial charge in [-0.15, -0.1) is 0 Å². The van der Waals surface area contributed by atoms with Crippen LogP contribution in [-0.2, 0) is 4.79 Å². The first-order valence-corrected chi connectivity index (χ1v) is 7.24. The van der Waals surface area contributed by atoms with Crippen molar-refractivity contribution < 1.29 is 9.90 Å². The van der Waals surface area contributed by atoms with Gasteiger partial charge in [-0.2, -0.15) is 0 Å². The SMILES string of the molecule is O=C(O)CNCC1CCCN(c2ncccc2Br)C1. The van der Waals surface area contributed by atoms with Crippen molar-refractivity contribution in [2.75, 3.05) is 31.1 Å². The number of rotatable bonds is 5. The number of aromatic nitrogens is 1. The molecule has 2 heterocycles. The first-order chi connectivity index (χ1) is 9.16. The van der Waals surface area contributed by atoms with Crippen LogP contribution >= 0.6 is 15.9 Å². The standard InChI is InChI=1S/C13H18BrN3O2/c14-11-4-1-5-16-13(11)17-6-2-3-10(9-17)7-15-8-12(18)19/h1,4-5,10,15H,2-3,6-9H2,(H,18,19). The van der Waals surface area contributed by atoms with E-state index in [1.54, 1.807) is 6.20 Å². The van der Waals surface area contributed by atoms with E-state index in [9.17, 15) is 4.79 Å². The van der Waals surface area contributed by atoms with Crippen LogP contribution in [0.15, 0.2) is 22.8 Å². The molecule has 6 heteroatoms. The molecule has 0 aliphatic carbocycles. The summed E-state index contributed by atoms with van der Waals surface area (Å²) in [4.78, 5) is 17.2. The Morgan fingerprint density at radius 2 is 2.47 bits per heavy atom. The fraction of sp³-hybridized carbons (Fsp3) is 0.538. The highest BCUT2D eigenvalue weighted by molar-refractivity contribution is 9.10. The van der Waals surface area contributed by atoms with E-state index in [2.05, 4.69) is 31.1 Å². The molecule has 1 fully saturated rings. The zero-order valence-corrected chi connectivity index (χ0v) is 12.3. The van der Waals surface area contributed by atoms with E-state index in [0.29, 0.717) is 5.92 Å². The quantitative estimate of drug-likeness (QED) is 0.862. The van der Waals surface area contributed by atoms with Crippen LogP contribution in [0.2, 0.25) is 0 Å². The normalized spacial score (nSPS) is 19.4. The van der Waals surface area contributed by atoms with E-state index in [0.717, 1.165) is 42.8 Å². The van der Waals surface area contributed by atoms with Crippen LogP contribution in [0.1, 0.15) is 12.8 Å². The van der Waals surface area contributed by atoms with Gasteiger partial charge in [-0.1, -0.05) is 0 Å². The Bertz CT molecular complexity index is 442. The predicted molar refractivity (Wildman–Crippen MR) is 77.4 cm³/mol. The van der Waals surface area contributed by atoms with Crippen LogP contribution in [0.4, 0.5) is 5.82 Å². The van der Waals surface area contributed by atoms with E-state index in [-0.39, 0.29) is 6.54 Å². The second kappa shape index (κ2) is 6.86. The van der Waals surface area contributed by atoms with Crippen LogP contribution in [0.5, 0.6) is 0 Å². The van der Waals surface area contributed by atoms with Gasteiger partial charge < -0.3 is 15.3 Å². The van der Waals surface area contributed by atoms with Gasteiger partial charge in [0, 0.05) is 25.8 Å². The fourth-order valence-electron chi connectivity index (χ4n) is 2.42. The summed E-state index contributed by atoms with van der Waals surface area (Å²) in [6, 6.07) is 3.90. The van der Waals surface area contributed by atoms with E-state index in [4.69, 9.17) is 5.11 Å². The monoisotopic (exact) mass is 327 g/mol. The summed E-state index contributed by atoms with van der Waals surface area (Å²) in [6.07, 6.45) is 4.04. The average molecular weight is 328 g/mol. The van der Waals surface area contributed by atoms with Gasteiger partial charge >= 0.3 is 5.97 Å². The topological polar surface area (TPSA) is 65.5 Å². The largest absolute Gasteiger partial charge is 0.480 e. The van der Waals surface area contributed by atoms with Crippen molar-refractivity contribution in [2.45, 2.75) is 12.8 Å². The molecule has 0 amide bonds. The third-order valence-electron chi connectivity index (χ3n) is 3.27. The number of halogens is 1. The van der Waals surface area contributed by atoms with Crippen molar-refractivity contribution >= 4 is 27.7 Å². The molecule has 0 bridgehead atoms. The zero-order valence-electron chi connectivity index (χ0n) is 10.7. The smallest absolute Gasteiger partial charge is 0.317 e. The second-order valence-electron chi connectivity index (χ2n) is 4.79. The number of hydrogen-bond donors (Lipinski definition) is 2. The van der Waals surface area contributed by atoms with Gasteiger partial charge in [0.25, 0.3) is 0 Å². The van der Waals surface area contributed by atoms with Crippen molar-refractivity contribution in [3.8, 4) is 0 Å². The predicted octanol–water partition coefficient (Wildman–Crippen LogP) is 1.73. The lowest BCUT2D eigenvalue weighted by Gasteiger charge is -2.34. The molecule has 1 unspecified atom stereocenters. The Morgan fingerprint density at radius 3 is 3.21 bits per heavy atom. The minimum absolute atomic E-state index is 0.0315. The summed E-state index contributed by atoms with van der Waals surface area (Å²) in [7, 11) is 0. The van der Waals surface area contributed by atoms with Crippen LogP contribution in [-0.4, -0.2) is 42.2 Å². The zero-order chi connectivity index (χ0) is 13.7. The summed E-state index contributed by atoms with van der Waals surface area (Å²) >= 11 is 3.53. The molecule has 1 aromatic rings. The molecule has 0 aromatic carbocycles. The molecule has 0 saturated carbocycles. The first kappa shape index (κ1) is 14.3. The number of hydrogen-bond acceptors (Lipinski definition) is 4. The van der Waals surface area contributed by atoms with Crippen molar-refractivity contribution in [3.05, 3.63) is 22.8 Å². The van der Waals surface area contributed by atoms with E-state index in [1.165, 1.54) is 0 Å². The minimum Gasteiger partial charge on any atom is -0.480 e. The fourth-order valence-corrected chi connectivity index (χ4v) is 2.92. The molecule has 0 spiro atoms. The maximum atomic E-state index is 10.5. The van der Waals surface area contributed by atoms with Gasteiger partial charge in [0.15, 0.2) is 0 Å². The average Bonchev–Trinajstić information content (AvgIpc) is 2.39. The van der Waals surface area contributed by atoms with E-state index < -0.39 is 5.97 Å². The van der Waals surface area contributed by atoms with Gasteiger partial charge in [-0.05, 0) is 46.8 Å². The summed E-state index contributed by atoms with van der Waals surface area (Å²) in [5, 5.41) is 11.6. The molecule has 1 aromatic heterocycles. The number of carbonyl (C=O) groups is 1. The van der Waals surface area contributed by atoms with Crippen LogP contribution in [0.25, 0.3) is 0 Å². The van der Waals surface area contributed by atoms with Crippen LogP contribution in [0, 0.1) is 5.92 Å². The molecule has 0 radical (unpaired) electrons. The lowest BCUT2D eigenvalue weighted by Crippen LogP contribution is -2.41. The number of anilines is 1. The lowest BCUT2D eigenvalue weighted by atomic mass is 9.98. The Morgan fingerprint density at radius 1 is 1.63 bits per heavy atom. The summed E-state index contributed by atoms with van der Waals surface area (Å²) in [6.45, 7) is 2.70. The summed E-state index contributed by atoms with van der Waals surface area (Å²) in [5.74, 6) is 0.646. The maximum Gasteiger partial charge on any atom is 0.317 e. The number of carboxylic acid groups (broad SMARTS) is 1. The summed E-state index contributed by atoms with van der Waals surface area (Å²) < 4.78 is 1.01. The number of pyridine rings is 1. The molecular weight excluding hydrogens is 310 g/mol. The van der Waals surface area contributed by atoms with Crippen LogP contribution in [0.3, 0.4) is 0 Å². The highest BCUT2D eigenvalue weighted by atomic mass is 79.9. The molecule has 1 aliphatic rings. The number of nitrogens with zero attached hydrogens (tertiary/aromatic N) is 2. The molecule has 19 heavy (non-hydrogen) atoms. The van der Waals surface area contributed by atoms with E-state index >= 15 is 0 Å². The van der Waals surface area contributed by atoms with Crippen molar-refractivity contribution in [3.63, 3.8) is 0 Å². The second-order valence-corrected chi connectivity index (χ2v) is 5.64. The molecular formula is C13H18BrN3O2. The van der Waals surface area contributed by atoms with Crippen molar-refractivity contribution in [2.24, 2.45) is 5.92 Å². The van der Waals surface area contributed by atoms with Gasteiger partial charge in [0.2, 0.25) is 0 Å². The highest BCUT2D eigenvalue weighted by Gasteiger charge is 2.22. The molecule has 104 valence electrons. The Hall–Kier alpha value is -1.14. The number of piperidine rings is 1. The molecule has 1 atom stereocenters. The van der Waals surface area contributed by atoms with Crippen molar-refractivity contribution in [1.29, 1.82) is 0 Å². The highest BCUT2D eigenvalue weighted by Crippen LogP contribution is 2.27. The molecule has 1 saturated heterocycles. The number of carboxylic acids is 1. The van der Waals surface area contributed by atoms with Gasteiger partial charge in [-0.3, -0.25) is 4.79 Å². The molecule has 2 N–H and O–H groups in total. The third kappa shape index (κ3) is 4.18. The Kier molecular flexibility index (Phi) is 5.15. The third-order valence-corrected chi connectivity index (χ3v) is 3.89. The first-order valence-electron chi connectivity index (χ1n) is 6.45. The Balaban J connectivity index is 1.90. The minimum atomic E-state index is -0.805. The van der Waals surface area contributed by atoms with Gasteiger partial charge in [-0.25, -0.2) is 4.98 Å². The maximum absolute atomic E-state index is 10.5. The molecule has 2 rings (SSSR count). The number of nitrogens with one attached hydrogen (secondary N) is 1. The molecule has 5 nitrogen and oxygen atoms in total. The van der Waals surface area contributed by atoms with Crippen molar-refractivity contribution in [1.82, 2.24) is 10.3 Å². The van der Waals surface area contributed by atoms with Gasteiger partial charge in [0.05, 0.1) is 11.0 Å². The van der Waals surface area contributed by atoms with Gasteiger partial charge in [0.1, 0.15) is 5.82 Å². The van der Waals surface area contributed by atoms with E-state index in [1.807, 2.05) is 12.1 Å². The Labute approximate surface area is 121 Å². The summed E-state index contributed by atoms with van der Waals surface area (Å²) in [5.41, 5.74) is 0. The lowest BCUT2D eigenvalue weighted by molar-refractivity contribution is -0.136.